The molecule has 0 spiro atoms. The summed E-state index contributed by atoms with van der Waals surface area (Å²) in [4.78, 5) is 13.7. The van der Waals surface area contributed by atoms with Crippen molar-refractivity contribution in [1.82, 2.24) is 10.2 Å². The molecule has 1 aliphatic heterocycles. The van der Waals surface area contributed by atoms with E-state index in [0.29, 0.717) is 24.7 Å². The number of likely N-dealkylation sites (N-methyl/N-ethyl adjacent to an activating group) is 1. The van der Waals surface area contributed by atoms with Crippen LogP contribution >= 0.6 is 0 Å². The summed E-state index contributed by atoms with van der Waals surface area (Å²) in [6.45, 7) is 3.38. The van der Waals surface area contributed by atoms with E-state index in [1.165, 1.54) is 12.8 Å². The Bertz CT molecular complexity index is 253. The molecule has 0 aromatic heterocycles. The fourth-order valence-corrected chi connectivity index (χ4v) is 2.21. The summed E-state index contributed by atoms with van der Waals surface area (Å²) in [5.74, 6) is 0.224. The molecule has 92 valence electrons. The predicted molar refractivity (Wildman–Crippen MR) is 62.2 cm³/mol. The van der Waals surface area contributed by atoms with Crippen molar-refractivity contribution in [2.75, 3.05) is 20.2 Å². The average Bonchev–Trinajstić information content (AvgIpc) is 3.09. The molecule has 4 nitrogen and oxygen atoms in total. The minimum atomic E-state index is 0.224. The quantitative estimate of drug-likeness (QED) is 0.769. The molecule has 2 fully saturated rings. The number of amides is 1. The van der Waals surface area contributed by atoms with Crippen LogP contribution in [0.25, 0.3) is 0 Å². The van der Waals surface area contributed by atoms with Crippen molar-refractivity contribution in [1.29, 1.82) is 0 Å². The third-order valence-electron chi connectivity index (χ3n) is 3.52. The fraction of sp³-hybridized carbons (Fsp3) is 0.917. The normalized spacial score (nSPS) is 30.1. The lowest BCUT2D eigenvalue weighted by atomic mass is 10.0. The Morgan fingerprint density at radius 2 is 2.19 bits per heavy atom. The topological polar surface area (TPSA) is 41.6 Å². The minimum absolute atomic E-state index is 0.224. The van der Waals surface area contributed by atoms with Crippen LogP contribution in [0.1, 0.15) is 32.6 Å². The standard InChI is InChI=1S/C12H22N2O2/c1-9-7-10(5-6-16-9)13-8-12(15)14(2)11-3-4-11/h9-11,13H,3-8H2,1-2H3. The Balaban J connectivity index is 1.67. The Morgan fingerprint density at radius 3 is 2.81 bits per heavy atom. The van der Waals surface area contributed by atoms with Gasteiger partial charge in [0.2, 0.25) is 5.91 Å². The van der Waals surface area contributed by atoms with Gasteiger partial charge in [-0.25, -0.2) is 0 Å². The highest BCUT2D eigenvalue weighted by molar-refractivity contribution is 5.78. The second-order valence-corrected chi connectivity index (χ2v) is 5.02. The molecule has 2 aliphatic rings. The van der Waals surface area contributed by atoms with Crippen molar-refractivity contribution < 1.29 is 9.53 Å². The van der Waals surface area contributed by atoms with E-state index in [1.807, 2.05) is 11.9 Å². The van der Waals surface area contributed by atoms with Gasteiger partial charge in [0.05, 0.1) is 12.6 Å². The van der Waals surface area contributed by atoms with Gasteiger partial charge in [-0.15, -0.1) is 0 Å². The van der Waals surface area contributed by atoms with Crippen molar-refractivity contribution in [3.05, 3.63) is 0 Å². The number of nitrogens with one attached hydrogen (secondary N) is 1. The lowest BCUT2D eigenvalue weighted by molar-refractivity contribution is -0.129. The maximum atomic E-state index is 11.8. The van der Waals surface area contributed by atoms with Gasteiger partial charge in [-0.1, -0.05) is 0 Å². The summed E-state index contributed by atoms with van der Waals surface area (Å²) in [5.41, 5.74) is 0. The van der Waals surface area contributed by atoms with E-state index in [2.05, 4.69) is 12.2 Å². The highest BCUT2D eigenvalue weighted by Crippen LogP contribution is 2.25. The van der Waals surface area contributed by atoms with Gasteiger partial charge in [-0.3, -0.25) is 4.79 Å². The molecule has 1 saturated heterocycles. The van der Waals surface area contributed by atoms with Gasteiger partial charge in [0.25, 0.3) is 0 Å². The smallest absolute Gasteiger partial charge is 0.236 e. The van der Waals surface area contributed by atoms with Crippen molar-refractivity contribution in [2.24, 2.45) is 0 Å². The van der Waals surface area contributed by atoms with Gasteiger partial charge >= 0.3 is 0 Å². The molecule has 2 unspecified atom stereocenters. The van der Waals surface area contributed by atoms with Crippen LogP contribution in [0.2, 0.25) is 0 Å². The van der Waals surface area contributed by atoms with Crippen LogP contribution in [-0.4, -0.2) is 49.2 Å². The maximum absolute atomic E-state index is 11.8. The van der Waals surface area contributed by atoms with E-state index >= 15 is 0 Å². The summed E-state index contributed by atoms with van der Waals surface area (Å²) in [7, 11) is 1.91. The van der Waals surface area contributed by atoms with Crippen molar-refractivity contribution in [3.63, 3.8) is 0 Å². The Kier molecular flexibility index (Phi) is 3.82. The van der Waals surface area contributed by atoms with E-state index in [-0.39, 0.29) is 5.91 Å². The van der Waals surface area contributed by atoms with Gasteiger partial charge in [-0.05, 0) is 32.6 Å². The van der Waals surface area contributed by atoms with E-state index in [0.717, 1.165) is 19.4 Å². The highest BCUT2D eigenvalue weighted by atomic mass is 16.5. The summed E-state index contributed by atoms with van der Waals surface area (Å²) in [5, 5.41) is 3.34. The molecule has 4 heteroatoms. The summed E-state index contributed by atoms with van der Waals surface area (Å²) in [6.07, 6.45) is 4.71. The number of ether oxygens (including phenoxy) is 1. The number of hydrogen-bond donors (Lipinski definition) is 1. The molecule has 1 aliphatic carbocycles. The van der Waals surface area contributed by atoms with Crippen LogP contribution < -0.4 is 5.32 Å². The molecule has 1 N–H and O–H groups in total. The zero-order valence-corrected chi connectivity index (χ0v) is 10.2. The maximum Gasteiger partial charge on any atom is 0.236 e. The van der Waals surface area contributed by atoms with E-state index in [4.69, 9.17) is 4.74 Å². The minimum Gasteiger partial charge on any atom is -0.378 e. The monoisotopic (exact) mass is 226 g/mol. The summed E-state index contributed by atoms with van der Waals surface area (Å²) >= 11 is 0. The van der Waals surface area contributed by atoms with E-state index < -0.39 is 0 Å². The Hall–Kier alpha value is -0.610. The van der Waals surface area contributed by atoms with Gasteiger partial charge in [-0.2, -0.15) is 0 Å². The molecular weight excluding hydrogens is 204 g/mol. The number of carbonyl (C=O) groups is 1. The molecule has 0 radical (unpaired) electrons. The lowest BCUT2D eigenvalue weighted by Gasteiger charge is -2.28. The second kappa shape index (κ2) is 5.15. The number of carbonyl (C=O) groups excluding carboxylic acids is 1. The van der Waals surface area contributed by atoms with Gasteiger partial charge < -0.3 is 15.0 Å². The molecule has 1 heterocycles. The van der Waals surface area contributed by atoms with Crippen LogP contribution in [0.3, 0.4) is 0 Å². The van der Waals surface area contributed by atoms with Crippen LogP contribution in [0.5, 0.6) is 0 Å². The van der Waals surface area contributed by atoms with E-state index in [1.54, 1.807) is 0 Å². The molecule has 0 aromatic rings. The van der Waals surface area contributed by atoms with Crippen LogP contribution in [0, 0.1) is 0 Å². The van der Waals surface area contributed by atoms with E-state index in [9.17, 15) is 4.79 Å². The third-order valence-corrected chi connectivity index (χ3v) is 3.52. The van der Waals surface area contributed by atoms with Gasteiger partial charge in [0.1, 0.15) is 0 Å². The first-order valence-electron chi connectivity index (χ1n) is 6.27. The zero-order chi connectivity index (χ0) is 11.5. The summed E-state index contributed by atoms with van der Waals surface area (Å²) in [6, 6.07) is 0.961. The number of rotatable bonds is 4. The Labute approximate surface area is 97.3 Å². The molecule has 16 heavy (non-hydrogen) atoms. The lowest BCUT2D eigenvalue weighted by Crippen LogP contribution is -2.44. The molecule has 1 amide bonds. The first-order chi connectivity index (χ1) is 7.66. The average molecular weight is 226 g/mol. The molecule has 2 rings (SSSR count). The number of hydrogen-bond acceptors (Lipinski definition) is 3. The second-order valence-electron chi connectivity index (χ2n) is 5.02. The first-order valence-corrected chi connectivity index (χ1v) is 6.27. The fourth-order valence-electron chi connectivity index (χ4n) is 2.21. The molecule has 1 saturated carbocycles. The SMILES string of the molecule is CC1CC(NCC(=O)N(C)C2CC2)CCO1. The highest BCUT2D eigenvalue weighted by Gasteiger charge is 2.29. The molecule has 2 atom stereocenters. The predicted octanol–water partition coefficient (Wildman–Crippen LogP) is 0.764. The first kappa shape index (κ1) is 11.9. The van der Waals surface area contributed by atoms with Crippen molar-refractivity contribution >= 4 is 5.91 Å². The number of nitrogens with zero attached hydrogens (tertiary/aromatic N) is 1. The van der Waals surface area contributed by atoms with Crippen molar-refractivity contribution in [2.45, 2.75) is 50.8 Å². The summed E-state index contributed by atoms with van der Waals surface area (Å²) < 4.78 is 5.48. The third kappa shape index (κ3) is 3.19. The van der Waals surface area contributed by atoms with Crippen LogP contribution in [0.4, 0.5) is 0 Å². The Morgan fingerprint density at radius 1 is 1.44 bits per heavy atom. The molecule has 0 bridgehead atoms. The molecular formula is C12H22N2O2. The van der Waals surface area contributed by atoms with Gasteiger partial charge in [0, 0.05) is 25.7 Å². The van der Waals surface area contributed by atoms with Crippen LogP contribution in [-0.2, 0) is 9.53 Å². The van der Waals surface area contributed by atoms with Crippen LogP contribution in [0.15, 0.2) is 0 Å². The van der Waals surface area contributed by atoms with Crippen molar-refractivity contribution in [3.8, 4) is 0 Å². The van der Waals surface area contributed by atoms with Gasteiger partial charge in [0.15, 0.2) is 0 Å². The largest absolute Gasteiger partial charge is 0.378 e. The zero-order valence-electron chi connectivity index (χ0n) is 10.2. The molecule has 0 aromatic carbocycles.